The molecule has 27 heavy (non-hydrogen) atoms. The van der Waals surface area contributed by atoms with Crippen LogP contribution in [-0.2, 0) is 16.0 Å². The number of nitrogens with zero attached hydrogens (tertiary/aromatic N) is 1. The molecule has 0 aliphatic carbocycles. The van der Waals surface area contributed by atoms with Gasteiger partial charge in [-0.1, -0.05) is 24.3 Å². The van der Waals surface area contributed by atoms with Crippen molar-refractivity contribution in [3.8, 4) is 10.6 Å². The summed E-state index contributed by atoms with van der Waals surface area (Å²) >= 11 is 1.60. The summed E-state index contributed by atoms with van der Waals surface area (Å²) in [5, 5.41) is 8.55. The fourth-order valence-corrected chi connectivity index (χ4v) is 3.61. The number of nitrogens with one attached hydrogen (secondary N) is 2. The largest absolute Gasteiger partial charge is 0.326 e. The van der Waals surface area contributed by atoms with E-state index >= 15 is 0 Å². The Kier molecular flexibility index (Phi) is 5.98. The van der Waals surface area contributed by atoms with Gasteiger partial charge in [-0.05, 0) is 43.2 Å². The number of aryl methyl sites for hydroxylation is 2. The van der Waals surface area contributed by atoms with Crippen molar-refractivity contribution in [1.29, 1.82) is 0 Å². The molecule has 3 rings (SSSR count). The molecule has 0 atom stereocenters. The topological polar surface area (TPSA) is 71.1 Å². The highest BCUT2D eigenvalue weighted by molar-refractivity contribution is 7.13. The molecule has 0 aliphatic rings. The van der Waals surface area contributed by atoms with Gasteiger partial charge in [-0.3, -0.25) is 9.59 Å². The van der Waals surface area contributed by atoms with Crippen LogP contribution in [0.2, 0.25) is 0 Å². The molecule has 0 radical (unpaired) electrons. The highest BCUT2D eigenvalue weighted by atomic mass is 32.1. The average molecular weight is 379 g/mol. The van der Waals surface area contributed by atoms with Crippen LogP contribution in [0.25, 0.3) is 10.6 Å². The van der Waals surface area contributed by atoms with E-state index in [1.54, 1.807) is 35.6 Å². The minimum absolute atomic E-state index is 0.0623. The quantitative estimate of drug-likeness (QED) is 0.655. The third-order valence-electron chi connectivity index (χ3n) is 4.02. The maximum absolute atomic E-state index is 12.2. The van der Waals surface area contributed by atoms with Crippen molar-refractivity contribution in [3.63, 3.8) is 0 Å². The molecule has 1 aromatic heterocycles. The molecule has 0 spiro atoms. The van der Waals surface area contributed by atoms with Crippen molar-refractivity contribution in [2.45, 2.75) is 26.7 Å². The molecule has 138 valence electrons. The monoisotopic (exact) mass is 379 g/mol. The lowest BCUT2D eigenvalue weighted by atomic mass is 10.1. The van der Waals surface area contributed by atoms with Crippen molar-refractivity contribution < 1.29 is 9.59 Å². The second-order valence-electron chi connectivity index (χ2n) is 6.27. The van der Waals surface area contributed by atoms with E-state index in [0.717, 1.165) is 16.3 Å². The Morgan fingerprint density at radius 1 is 1.00 bits per heavy atom. The molecule has 0 saturated carbocycles. The molecule has 2 aromatic carbocycles. The number of carbonyl (C=O) groups excluding carboxylic acids is 2. The molecule has 0 aliphatic heterocycles. The van der Waals surface area contributed by atoms with Gasteiger partial charge in [0, 0.05) is 35.7 Å². The highest BCUT2D eigenvalue weighted by Crippen LogP contribution is 2.27. The van der Waals surface area contributed by atoms with E-state index in [1.165, 1.54) is 12.5 Å². The van der Waals surface area contributed by atoms with Gasteiger partial charge in [0.1, 0.15) is 5.01 Å². The summed E-state index contributed by atoms with van der Waals surface area (Å²) in [6.07, 6.45) is 0.961. The van der Waals surface area contributed by atoms with E-state index in [0.29, 0.717) is 24.2 Å². The Hall–Kier alpha value is -2.99. The predicted octanol–water partition coefficient (Wildman–Crippen LogP) is 4.65. The fourth-order valence-electron chi connectivity index (χ4n) is 2.66. The third-order valence-corrected chi connectivity index (χ3v) is 4.95. The third kappa shape index (κ3) is 5.24. The van der Waals surface area contributed by atoms with E-state index in [1.807, 2.05) is 17.5 Å². The molecule has 6 heteroatoms. The van der Waals surface area contributed by atoms with Gasteiger partial charge in [-0.15, -0.1) is 11.3 Å². The lowest BCUT2D eigenvalue weighted by Gasteiger charge is -2.06. The lowest BCUT2D eigenvalue weighted by molar-refractivity contribution is -0.116. The summed E-state index contributed by atoms with van der Waals surface area (Å²) in [5.74, 6) is -0.187. The Morgan fingerprint density at radius 3 is 2.33 bits per heavy atom. The van der Waals surface area contributed by atoms with Gasteiger partial charge in [0.15, 0.2) is 0 Å². The zero-order valence-corrected chi connectivity index (χ0v) is 16.1. The van der Waals surface area contributed by atoms with Crippen LogP contribution in [0.3, 0.4) is 0 Å². The number of hydrogen-bond donors (Lipinski definition) is 2. The summed E-state index contributed by atoms with van der Waals surface area (Å²) in [4.78, 5) is 27.9. The van der Waals surface area contributed by atoms with Crippen LogP contribution < -0.4 is 10.6 Å². The lowest BCUT2D eigenvalue weighted by Crippen LogP contribution is -2.12. The zero-order valence-electron chi connectivity index (χ0n) is 15.3. The SMILES string of the molecule is CC(=O)Nc1ccc(NC(=O)CCc2csc(-c3ccccc3C)n2)cc1. The standard InChI is InChI=1S/C21H21N3O2S/c1-14-5-3-4-6-19(14)21-24-18(13-27-21)11-12-20(26)23-17-9-7-16(8-10-17)22-15(2)25/h3-10,13H,11-12H2,1-2H3,(H,22,25)(H,23,26). The second-order valence-corrected chi connectivity index (χ2v) is 7.12. The van der Waals surface area contributed by atoms with Gasteiger partial charge in [0.05, 0.1) is 5.69 Å². The number of amides is 2. The van der Waals surface area contributed by atoms with Crippen LogP contribution in [0, 0.1) is 6.92 Å². The number of rotatable bonds is 6. The fraction of sp³-hybridized carbons (Fsp3) is 0.190. The first-order chi connectivity index (χ1) is 13.0. The molecule has 0 fully saturated rings. The van der Waals surface area contributed by atoms with Gasteiger partial charge in [-0.2, -0.15) is 0 Å². The van der Waals surface area contributed by atoms with Crippen molar-refractivity contribution in [2.75, 3.05) is 10.6 Å². The molecular weight excluding hydrogens is 358 g/mol. The van der Waals surface area contributed by atoms with Crippen LogP contribution in [0.4, 0.5) is 11.4 Å². The van der Waals surface area contributed by atoms with Gasteiger partial charge in [-0.25, -0.2) is 4.98 Å². The van der Waals surface area contributed by atoms with Gasteiger partial charge < -0.3 is 10.6 Å². The van der Waals surface area contributed by atoms with E-state index < -0.39 is 0 Å². The molecule has 5 nitrogen and oxygen atoms in total. The zero-order chi connectivity index (χ0) is 19.2. The highest BCUT2D eigenvalue weighted by Gasteiger charge is 2.09. The summed E-state index contributed by atoms with van der Waals surface area (Å²) in [5.41, 5.74) is 4.66. The Labute approximate surface area is 162 Å². The second kappa shape index (κ2) is 8.60. The van der Waals surface area contributed by atoms with Gasteiger partial charge >= 0.3 is 0 Å². The number of thiazole rings is 1. The molecule has 0 unspecified atom stereocenters. The Bertz CT molecular complexity index is 948. The Balaban J connectivity index is 1.54. The van der Waals surface area contributed by atoms with E-state index in [4.69, 9.17) is 0 Å². The number of hydrogen-bond acceptors (Lipinski definition) is 4. The maximum Gasteiger partial charge on any atom is 0.224 e. The van der Waals surface area contributed by atoms with E-state index in [2.05, 4.69) is 34.7 Å². The summed E-state index contributed by atoms with van der Waals surface area (Å²) in [6, 6.07) is 15.2. The first kappa shape index (κ1) is 18.8. The number of benzene rings is 2. The number of aromatic nitrogens is 1. The number of carbonyl (C=O) groups is 2. The van der Waals surface area contributed by atoms with E-state index in [9.17, 15) is 9.59 Å². The normalized spacial score (nSPS) is 10.4. The minimum atomic E-state index is -0.125. The van der Waals surface area contributed by atoms with Crippen molar-refractivity contribution in [2.24, 2.45) is 0 Å². The smallest absolute Gasteiger partial charge is 0.224 e. The average Bonchev–Trinajstić information content (AvgIpc) is 3.10. The Morgan fingerprint density at radius 2 is 1.67 bits per heavy atom. The first-order valence-corrected chi connectivity index (χ1v) is 9.57. The molecule has 2 N–H and O–H groups in total. The molecule has 3 aromatic rings. The molecule has 2 amide bonds. The number of anilines is 2. The van der Waals surface area contributed by atoms with Gasteiger partial charge in [0.25, 0.3) is 0 Å². The van der Waals surface area contributed by atoms with Gasteiger partial charge in [0.2, 0.25) is 11.8 Å². The van der Waals surface area contributed by atoms with Crippen LogP contribution in [0.15, 0.2) is 53.9 Å². The molecule has 1 heterocycles. The van der Waals surface area contributed by atoms with Crippen LogP contribution in [0.1, 0.15) is 24.6 Å². The van der Waals surface area contributed by atoms with Crippen LogP contribution >= 0.6 is 11.3 Å². The van der Waals surface area contributed by atoms with Crippen molar-refractivity contribution in [3.05, 3.63) is 65.2 Å². The maximum atomic E-state index is 12.2. The van der Waals surface area contributed by atoms with Crippen LogP contribution in [-0.4, -0.2) is 16.8 Å². The first-order valence-electron chi connectivity index (χ1n) is 8.69. The molecule has 0 saturated heterocycles. The summed E-state index contributed by atoms with van der Waals surface area (Å²) in [6.45, 7) is 3.53. The predicted molar refractivity (Wildman–Crippen MR) is 110 cm³/mol. The van der Waals surface area contributed by atoms with Crippen LogP contribution in [0.5, 0.6) is 0 Å². The molecule has 0 bridgehead atoms. The summed E-state index contributed by atoms with van der Waals surface area (Å²) < 4.78 is 0. The van der Waals surface area contributed by atoms with Crippen molar-refractivity contribution >= 4 is 34.5 Å². The minimum Gasteiger partial charge on any atom is -0.326 e. The summed E-state index contributed by atoms with van der Waals surface area (Å²) in [7, 11) is 0. The molecular formula is C21H21N3O2S. The van der Waals surface area contributed by atoms with Crippen molar-refractivity contribution in [1.82, 2.24) is 4.98 Å². The van der Waals surface area contributed by atoms with E-state index in [-0.39, 0.29) is 11.8 Å².